The highest BCUT2D eigenvalue weighted by Gasteiger charge is 2.33. The first-order valence-corrected chi connectivity index (χ1v) is 10.3. The standard InChI is InChI=1S/C19H15F6N5OS/c1-2-32(31)14-7-11(27-6-5-15(26)18(20,21)22)3-4-12(14)13-9-30-10-28-16(19(23,24)25)8-17(30)29-13/h3-10,26-27H,2H2,1H3/b6-5-,26-15?. The van der Waals surface area contributed by atoms with Crippen LogP contribution in [0.25, 0.3) is 16.9 Å². The molecule has 0 radical (unpaired) electrons. The molecule has 0 saturated heterocycles. The maximum absolute atomic E-state index is 12.9. The SMILES string of the molecule is CC[S+]([O-])c1cc(N/C=C\C(=N)C(F)(F)F)ccc1-c1cn2cnc(C(F)(F)F)cc2n1. The van der Waals surface area contributed by atoms with Crippen LogP contribution in [0.2, 0.25) is 0 Å². The average Bonchev–Trinajstić information content (AvgIpc) is 3.14. The van der Waals surface area contributed by atoms with Crippen molar-refractivity contribution in [2.45, 2.75) is 24.2 Å². The number of hydrogen-bond donors (Lipinski definition) is 2. The summed E-state index contributed by atoms with van der Waals surface area (Å²) in [7, 11) is 0. The summed E-state index contributed by atoms with van der Waals surface area (Å²) < 4.78 is 89.7. The van der Waals surface area contributed by atoms with Crippen LogP contribution in [0.1, 0.15) is 12.6 Å². The molecule has 2 aromatic heterocycles. The molecule has 170 valence electrons. The van der Waals surface area contributed by atoms with Crippen LogP contribution in [0, 0.1) is 5.41 Å². The molecule has 3 aromatic rings. The number of alkyl halides is 6. The van der Waals surface area contributed by atoms with E-state index < -0.39 is 34.9 Å². The number of allylic oxidation sites excluding steroid dienone is 1. The van der Waals surface area contributed by atoms with Gasteiger partial charge in [-0.2, -0.15) is 26.3 Å². The smallest absolute Gasteiger partial charge is 0.433 e. The van der Waals surface area contributed by atoms with Crippen molar-refractivity contribution in [3.63, 3.8) is 0 Å². The Labute approximate surface area is 180 Å². The molecule has 1 unspecified atom stereocenters. The molecule has 0 aliphatic carbocycles. The molecule has 0 amide bonds. The molecular weight excluding hydrogens is 460 g/mol. The van der Waals surface area contributed by atoms with E-state index in [4.69, 9.17) is 5.41 Å². The van der Waals surface area contributed by atoms with Crippen molar-refractivity contribution < 1.29 is 30.9 Å². The first-order chi connectivity index (χ1) is 14.9. The third-order valence-electron chi connectivity index (χ3n) is 4.21. The number of nitrogens with zero attached hydrogens (tertiary/aromatic N) is 3. The van der Waals surface area contributed by atoms with Crippen LogP contribution in [0.5, 0.6) is 0 Å². The molecule has 0 aliphatic rings. The minimum atomic E-state index is -4.78. The van der Waals surface area contributed by atoms with Crippen LogP contribution in [-0.4, -0.2) is 36.6 Å². The Morgan fingerprint density at radius 1 is 1.22 bits per heavy atom. The van der Waals surface area contributed by atoms with Crippen LogP contribution >= 0.6 is 0 Å². The van der Waals surface area contributed by atoms with Crippen LogP contribution in [0.4, 0.5) is 32.0 Å². The fraction of sp³-hybridized carbons (Fsp3) is 0.211. The normalized spacial score (nSPS) is 13.6. The number of fused-ring (bicyclic) bond motifs is 1. The number of nitrogens with one attached hydrogen (secondary N) is 2. The lowest BCUT2D eigenvalue weighted by molar-refractivity contribution is -0.141. The predicted octanol–water partition coefficient (Wildman–Crippen LogP) is 5.05. The van der Waals surface area contributed by atoms with Crippen molar-refractivity contribution in [2.24, 2.45) is 0 Å². The summed E-state index contributed by atoms with van der Waals surface area (Å²) in [4.78, 5) is 7.83. The van der Waals surface area contributed by atoms with E-state index in [-0.39, 0.29) is 17.1 Å². The number of aromatic nitrogens is 3. The highest BCUT2D eigenvalue weighted by Crippen LogP contribution is 2.32. The molecule has 0 saturated carbocycles. The van der Waals surface area contributed by atoms with Crippen molar-refractivity contribution in [1.82, 2.24) is 14.4 Å². The molecule has 1 atom stereocenters. The summed E-state index contributed by atoms with van der Waals surface area (Å²) in [6.45, 7) is 1.66. The summed E-state index contributed by atoms with van der Waals surface area (Å²) >= 11 is -1.51. The molecule has 32 heavy (non-hydrogen) atoms. The van der Waals surface area contributed by atoms with Gasteiger partial charge in [0.05, 0.1) is 11.3 Å². The minimum absolute atomic E-state index is 0.00801. The molecule has 3 rings (SSSR count). The van der Waals surface area contributed by atoms with Gasteiger partial charge in [0, 0.05) is 30.2 Å². The summed E-state index contributed by atoms with van der Waals surface area (Å²) in [5, 5.41) is 9.49. The highest BCUT2D eigenvalue weighted by atomic mass is 32.2. The quantitative estimate of drug-likeness (QED) is 0.297. The highest BCUT2D eigenvalue weighted by molar-refractivity contribution is 7.91. The van der Waals surface area contributed by atoms with Gasteiger partial charge in [0.25, 0.3) is 0 Å². The van der Waals surface area contributed by atoms with Gasteiger partial charge in [-0.1, -0.05) is 0 Å². The number of halogens is 6. The van der Waals surface area contributed by atoms with E-state index in [0.717, 1.165) is 18.6 Å². The molecule has 0 bridgehead atoms. The van der Waals surface area contributed by atoms with E-state index in [0.29, 0.717) is 22.2 Å². The van der Waals surface area contributed by atoms with Gasteiger partial charge < -0.3 is 9.87 Å². The fourth-order valence-corrected chi connectivity index (χ4v) is 3.65. The number of hydrogen-bond acceptors (Lipinski definition) is 5. The molecule has 6 nitrogen and oxygen atoms in total. The lowest BCUT2D eigenvalue weighted by Crippen LogP contribution is -2.19. The number of rotatable bonds is 6. The van der Waals surface area contributed by atoms with Crippen molar-refractivity contribution >= 4 is 28.2 Å². The fourth-order valence-electron chi connectivity index (χ4n) is 2.66. The van der Waals surface area contributed by atoms with Gasteiger partial charge in [-0.25, -0.2) is 9.97 Å². The van der Waals surface area contributed by atoms with E-state index in [1.54, 1.807) is 6.92 Å². The van der Waals surface area contributed by atoms with Crippen molar-refractivity contribution in [3.05, 3.63) is 54.8 Å². The molecular formula is C19H15F6N5OS. The van der Waals surface area contributed by atoms with Gasteiger partial charge in [0.2, 0.25) is 0 Å². The molecule has 2 heterocycles. The first-order valence-electron chi connectivity index (χ1n) is 8.93. The Kier molecular flexibility index (Phi) is 6.51. The molecule has 0 spiro atoms. The third-order valence-corrected chi connectivity index (χ3v) is 5.56. The van der Waals surface area contributed by atoms with Crippen LogP contribution in [0.15, 0.2) is 54.0 Å². The summed E-state index contributed by atoms with van der Waals surface area (Å²) in [6.07, 6.45) is -5.53. The second-order valence-electron chi connectivity index (χ2n) is 6.40. The Balaban J connectivity index is 1.96. The van der Waals surface area contributed by atoms with Crippen LogP contribution < -0.4 is 5.32 Å². The number of imidazole rings is 1. The Morgan fingerprint density at radius 2 is 1.94 bits per heavy atom. The largest absolute Gasteiger partial charge is 0.611 e. The van der Waals surface area contributed by atoms with Gasteiger partial charge in [-0.15, -0.1) is 0 Å². The summed E-state index contributed by atoms with van der Waals surface area (Å²) in [5.41, 5.74) is -1.71. The maximum atomic E-state index is 12.9. The van der Waals surface area contributed by atoms with Gasteiger partial charge in [-0.3, -0.25) is 9.81 Å². The number of anilines is 1. The maximum Gasteiger partial charge on any atom is 0.433 e. The second kappa shape index (κ2) is 8.82. The second-order valence-corrected chi connectivity index (χ2v) is 8.11. The topological polar surface area (TPSA) is 89.1 Å². The minimum Gasteiger partial charge on any atom is -0.611 e. The van der Waals surface area contributed by atoms with Gasteiger partial charge >= 0.3 is 12.4 Å². The van der Waals surface area contributed by atoms with Crippen LogP contribution in [-0.2, 0) is 17.4 Å². The zero-order valence-corrected chi connectivity index (χ0v) is 17.1. The van der Waals surface area contributed by atoms with Crippen molar-refractivity contribution in [1.29, 1.82) is 5.41 Å². The van der Waals surface area contributed by atoms with Crippen molar-refractivity contribution in [2.75, 3.05) is 11.1 Å². The van der Waals surface area contributed by atoms with E-state index >= 15 is 0 Å². The lowest BCUT2D eigenvalue weighted by Gasteiger charge is -2.13. The van der Waals surface area contributed by atoms with Gasteiger partial charge in [0.1, 0.15) is 29.1 Å². The number of benzene rings is 1. The first kappa shape index (κ1) is 23.6. The summed E-state index contributed by atoms with van der Waals surface area (Å²) in [6, 6.07) is 5.22. The lowest BCUT2D eigenvalue weighted by atomic mass is 10.1. The molecule has 0 aliphatic heterocycles. The molecule has 0 fully saturated rings. The van der Waals surface area contributed by atoms with E-state index in [9.17, 15) is 30.9 Å². The molecule has 13 heteroatoms. The van der Waals surface area contributed by atoms with Gasteiger partial charge in [-0.05, 0) is 36.3 Å². The Morgan fingerprint density at radius 3 is 2.56 bits per heavy atom. The predicted molar refractivity (Wildman–Crippen MR) is 107 cm³/mol. The Bertz CT molecular complexity index is 1170. The molecule has 1 aromatic carbocycles. The zero-order chi connectivity index (χ0) is 23.7. The van der Waals surface area contributed by atoms with E-state index in [2.05, 4.69) is 15.3 Å². The average molecular weight is 475 g/mol. The third kappa shape index (κ3) is 5.22. The van der Waals surface area contributed by atoms with E-state index in [1.165, 1.54) is 28.8 Å². The zero-order valence-electron chi connectivity index (χ0n) is 16.3. The Hall–Kier alpha value is -3.06. The van der Waals surface area contributed by atoms with Crippen molar-refractivity contribution in [3.8, 4) is 11.3 Å². The molecule has 2 N–H and O–H groups in total. The van der Waals surface area contributed by atoms with Crippen LogP contribution in [0.3, 0.4) is 0 Å². The summed E-state index contributed by atoms with van der Waals surface area (Å²) in [5.74, 6) is 0.220. The van der Waals surface area contributed by atoms with E-state index in [1.807, 2.05) is 0 Å². The monoisotopic (exact) mass is 475 g/mol. The van der Waals surface area contributed by atoms with Gasteiger partial charge in [0.15, 0.2) is 4.90 Å².